The predicted octanol–water partition coefficient (Wildman–Crippen LogP) is 4.22. The second-order valence-corrected chi connectivity index (χ2v) is 6.37. The van der Waals surface area contributed by atoms with Crippen LogP contribution < -0.4 is 5.32 Å². The molecule has 7 heteroatoms. The minimum atomic E-state index is -0.451. The fourth-order valence-corrected chi connectivity index (χ4v) is 2.86. The highest BCUT2D eigenvalue weighted by Crippen LogP contribution is 2.22. The van der Waals surface area contributed by atoms with Crippen LogP contribution >= 0.6 is 23.4 Å². The molecule has 0 bridgehead atoms. The van der Waals surface area contributed by atoms with Crippen LogP contribution in [0.4, 0.5) is 5.69 Å². The van der Waals surface area contributed by atoms with Crippen molar-refractivity contribution < 1.29 is 9.72 Å². The molecule has 1 N–H and O–H groups in total. The number of rotatable bonds is 6. The summed E-state index contributed by atoms with van der Waals surface area (Å²) in [6.07, 6.45) is 0. The van der Waals surface area contributed by atoms with Crippen molar-refractivity contribution in [3.8, 4) is 0 Å². The molecular formula is C16H15ClN2O3S. The van der Waals surface area contributed by atoms with Gasteiger partial charge in [0.1, 0.15) is 0 Å². The maximum Gasteiger partial charge on any atom is 0.269 e. The van der Waals surface area contributed by atoms with E-state index in [2.05, 4.69) is 5.32 Å². The summed E-state index contributed by atoms with van der Waals surface area (Å²) in [6.45, 7) is 1.89. The number of nitrogens with one attached hydrogen (secondary N) is 1. The first-order chi connectivity index (χ1) is 11.0. The van der Waals surface area contributed by atoms with Crippen molar-refractivity contribution >= 4 is 35.0 Å². The number of thioether (sulfide) groups is 1. The molecule has 0 saturated carbocycles. The van der Waals surface area contributed by atoms with E-state index in [1.54, 1.807) is 18.2 Å². The number of amides is 1. The van der Waals surface area contributed by atoms with Gasteiger partial charge in [-0.05, 0) is 36.8 Å². The average Bonchev–Trinajstić information content (AvgIpc) is 2.53. The van der Waals surface area contributed by atoms with Gasteiger partial charge in [0.2, 0.25) is 5.91 Å². The van der Waals surface area contributed by atoms with Crippen LogP contribution in [0, 0.1) is 10.1 Å². The molecule has 0 aliphatic heterocycles. The smallest absolute Gasteiger partial charge is 0.269 e. The van der Waals surface area contributed by atoms with Gasteiger partial charge in [0.25, 0.3) is 5.69 Å². The number of non-ortho nitro benzene ring substituents is 1. The molecule has 2 aromatic carbocycles. The molecule has 2 aromatic rings. The van der Waals surface area contributed by atoms with Gasteiger partial charge in [-0.1, -0.05) is 23.7 Å². The number of nitro benzene ring substituents is 1. The summed E-state index contributed by atoms with van der Waals surface area (Å²) in [5, 5.41) is 14.1. The number of nitrogens with zero attached hydrogens (tertiary/aromatic N) is 1. The van der Waals surface area contributed by atoms with Crippen molar-refractivity contribution in [1.29, 1.82) is 0 Å². The minimum Gasteiger partial charge on any atom is -0.349 e. The molecule has 1 atom stereocenters. The highest BCUT2D eigenvalue weighted by atomic mass is 35.5. The van der Waals surface area contributed by atoms with Crippen LogP contribution in [0.1, 0.15) is 18.5 Å². The van der Waals surface area contributed by atoms with Crippen LogP contribution in [0.2, 0.25) is 5.02 Å². The Labute approximate surface area is 143 Å². The van der Waals surface area contributed by atoms with Gasteiger partial charge >= 0.3 is 0 Å². The van der Waals surface area contributed by atoms with Crippen molar-refractivity contribution in [2.75, 3.05) is 5.75 Å². The lowest BCUT2D eigenvalue weighted by Crippen LogP contribution is -2.28. The summed E-state index contributed by atoms with van der Waals surface area (Å²) in [5.74, 6) is 0.128. The second kappa shape index (κ2) is 7.99. The van der Waals surface area contributed by atoms with E-state index in [1.807, 2.05) is 25.1 Å². The molecular weight excluding hydrogens is 336 g/mol. The van der Waals surface area contributed by atoms with E-state index in [0.29, 0.717) is 5.02 Å². The number of hydrogen-bond acceptors (Lipinski definition) is 4. The lowest BCUT2D eigenvalue weighted by atomic mass is 10.1. The van der Waals surface area contributed by atoms with Crippen LogP contribution in [-0.2, 0) is 4.79 Å². The fourth-order valence-electron chi connectivity index (χ4n) is 1.96. The topological polar surface area (TPSA) is 72.2 Å². The molecule has 23 heavy (non-hydrogen) atoms. The molecule has 1 amide bonds. The van der Waals surface area contributed by atoms with Gasteiger partial charge < -0.3 is 5.32 Å². The zero-order valence-electron chi connectivity index (χ0n) is 12.4. The Bertz CT molecular complexity index is 707. The standard InChI is InChI=1S/C16H15ClN2O3S/c1-11(12-3-2-4-13(17)9-12)18-16(20)10-23-15-7-5-14(6-8-15)19(21)22/h2-9,11H,10H2,1H3,(H,18,20)/t11-/m1/s1. The SMILES string of the molecule is C[C@@H](NC(=O)CSc1ccc([N+](=O)[O-])cc1)c1cccc(Cl)c1. The largest absolute Gasteiger partial charge is 0.349 e. The van der Waals surface area contributed by atoms with Gasteiger partial charge in [-0.3, -0.25) is 14.9 Å². The van der Waals surface area contributed by atoms with E-state index >= 15 is 0 Å². The van der Waals surface area contributed by atoms with Gasteiger partial charge in [0.05, 0.1) is 16.7 Å². The van der Waals surface area contributed by atoms with Crippen LogP contribution in [-0.4, -0.2) is 16.6 Å². The van der Waals surface area contributed by atoms with Crippen LogP contribution in [0.5, 0.6) is 0 Å². The van der Waals surface area contributed by atoms with E-state index in [1.165, 1.54) is 23.9 Å². The van der Waals surface area contributed by atoms with Crippen LogP contribution in [0.25, 0.3) is 0 Å². The third-order valence-corrected chi connectivity index (χ3v) is 4.39. The first-order valence-electron chi connectivity index (χ1n) is 6.88. The van der Waals surface area contributed by atoms with Crippen molar-refractivity contribution in [3.05, 3.63) is 69.2 Å². The first kappa shape index (κ1) is 17.3. The van der Waals surface area contributed by atoms with Gasteiger partial charge in [-0.15, -0.1) is 11.8 Å². The van der Waals surface area contributed by atoms with Gasteiger partial charge in [-0.2, -0.15) is 0 Å². The molecule has 0 fully saturated rings. The van der Waals surface area contributed by atoms with Crippen molar-refractivity contribution in [3.63, 3.8) is 0 Å². The molecule has 2 rings (SSSR count). The number of carbonyl (C=O) groups is 1. The summed E-state index contributed by atoms with van der Waals surface area (Å²) >= 11 is 7.27. The Morgan fingerprint density at radius 1 is 1.30 bits per heavy atom. The van der Waals surface area contributed by atoms with Gasteiger partial charge in [0.15, 0.2) is 0 Å². The highest BCUT2D eigenvalue weighted by molar-refractivity contribution is 8.00. The van der Waals surface area contributed by atoms with E-state index < -0.39 is 4.92 Å². The molecule has 0 aliphatic rings. The number of carbonyl (C=O) groups excluding carboxylic acids is 1. The highest BCUT2D eigenvalue weighted by Gasteiger charge is 2.11. The third-order valence-electron chi connectivity index (χ3n) is 3.14. The third kappa shape index (κ3) is 5.26. The van der Waals surface area contributed by atoms with Gasteiger partial charge in [0, 0.05) is 22.1 Å². The lowest BCUT2D eigenvalue weighted by molar-refractivity contribution is -0.384. The van der Waals surface area contributed by atoms with Crippen LogP contribution in [0.3, 0.4) is 0 Å². The molecule has 0 heterocycles. The molecule has 0 aliphatic carbocycles. The molecule has 0 aromatic heterocycles. The van der Waals surface area contributed by atoms with E-state index in [0.717, 1.165) is 10.5 Å². The minimum absolute atomic E-state index is 0.0355. The number of halogens is 1. The van der Waals surface area contributed by atoms with Gasteiger partial charge in [-0.25, -0.2) is 0 Å². The number of hydrogen-bond donors (Lipinski definition) is 1. The quantitative estimate of drug-likeness (QED) is 0.481. The van der Waals surface area contributed by atoms with E-state index in [4.69, 9.17) is 11.6 Å². The Morgan fingerprint density at radius 3 is 2.61 bits per heavy atom. The normalized spacial score (nSPS) is 11.7. The van der Waals surface area contributed by atoms with Crippen LogP contribution in [0.15, 0.2) is 53.4 Å². The van der Waals surface area contributed by atoms with Crippen molar-refractivity contribution in [2.45, 2.75) is 17.9 Å². The fraction of sp³-hybridized carbons (Fsp3) is 0.188. The summed E-state index contributed by atoms with van der Waals surface area (Å²) in [5.41, 5.74) is 0.972. The summed E-state index contributed by atoms with van der Waals surface area (Å²) in [7, 11) is 0. The Morgan fingerprint density at radius 2 is 2.00 bits per heavy atom. The Balaban J connectivity index is 1.86. The molecule has 0 spiro atoms. The monoisotopic (exact) mass is 350 g/mol. The zero-order valence-corrected chi connectivity index (χ0v) is 13.9. The summed E-state index contributed by atoms with van der Waals surface area (Å²) in [4.78, 5) is 22.9. The number of benzene rings is 2. The Kier molecular flexibility index (Phi) is 6.01. The van der Waals surface area contributed by atoms with E-state index in [9.17, 15) is 14.9 Å². The molecule has 120 valence electrons. The molecule has 5 nitrogen and oxygen atoms in total. The second-order valence-electron chi connectivity index (χ2n) is 4.88. The molecule has 0 unspecified atom stereocenters. The lowest BCUT2D eigenvalue weighted by Gasteiger charge is -2.14. The first-order valence-corrected chi connectivity index (χ1v) is 8.24. The average molecular weight is 351 g/mol. The maximum atomic E-state index is 12.0. The zero-order chi connectivity index (χ0) is 16.8. The summed E-state index contributed by atoms with van der Waals surface area (Å²) < 4.78 is 0. The predicted molar refractivity (Wildman–Crippen MR) is 91.8 cm³/mol. The van der Waals surface area contributed by atoms with Crippen molar-refractivity contribution in [2.24, 2.45) is 0 Å². The number of nitro groups is 1. The molecule has 0 saturated heterocycles. The summed E-state index contributed by atoms with van der Waals surface area (Å²) in [6, 6.07) is 13.3. The maximum absolute atomic E-state index is 12.0. The van der Waals surface area contributed by atoms with E-state index in [-0.39, 0.29) is 23.4 Å². The molecule has 0 radical (unpaired) electrons. The Hall–Kier alpha value is -2.05. The van der Waals surface area contributed by atoms with Crippen molar-refractivity contribution in [1.82, 2.24) is 5.32 Å².